The molecule has 0 aromatic heterocycles. The normalized spacial score (nSPS) is 29.2. The van der Waals surface area contributed by atoms with Gasteiger partial charge < -0.3 is 15.6 Å². The predicted molar refractivity (Wildman–Crippen MR) is 103 cm³/mol. The summed E-state index contributed by atoms with van der Waals surface area (Å²) in [6, 6.07) is 7.05. The SMILES string of the molecule is CC(C)CCOCC1CCc2cc([C@H]3CC[C@](N)(CO)C3)ccc2C1. The van der Waals surface area contributed by atoms with E-state index < -0.39 is 0 Å². The highest BCUT2D eigenvalue weighted by Crippen LogP contribution is 2.40. The molecule has 25 heavy (non-hydrogen) atoms. The van der Waals surface area contributed by atoms with Gasteiger partial charge >= 0.3 is 0 Å². The highest BCUT2D eigenvalue weighted by molar-refractivity contribution is 5.36. The summed E-state index contributed by atoms with van der Waals surface area (Å²) in [5.74, 6) is 1.90. The zero-order chi connectivity index (χ0) is 17.9. The van der Waals surface area contributed by atoms with Gasteiger partial charge in [0.1, 0.15) is 0 Å². The minimum absolute atomic E-state index is 0.104. The van der Waals surface area contributed by atoms with Crippen molar-refractivity contribution in [3.63, 3.8) is 0 Å². The summed E-state index contributed by atoms with van der Waals surface area (Å²) in [5, 5.41) is 9.49. The van der Waals surface area contributed by atoms with Crippen LogP contribution < -0.4 is 5.73 Å². The van der Waals surface area contributed by atoms with Gasteiger partial charge in [-0.3, -0.25) is 0 Å². The van der Waals surface area contributed by atoms with Crippen LogP contribution in [0, 0.1) is 11.8 Å². The van der Waals surface area contributed by atoms with Crippen LogP contribution in [0.4, 0.5) is 0 Å². The van der Waals surface area contributed by atoms with Crippen molar-refractivity contribution < 1.29 is 9.84 Å². The van der Waals surface area contributed by atoms with Crippen LogP contribution in [0.1, 0.15) is 68.6 Å². The van der Waals surface area contributed by atoms with Crippen molar-refractivity contribution in [3.8, 4) is 0 Å². The molecule has 1 unspecified atom stereocenters. The minimum atomic E-state index is -0.362. The Hall–Kier alpha value is -0.900. The largest absolute Gasteiger partial charge is 0.394 e. The quantitative estimate of drug-likeness (QED) is 0.739. The standard InChI is InChI=1S/C22H35NO2/c1-16(2)8-10-25-14-17-3-4-19-12-20(6-5-18(19)11-17)21-7-9-22(23,13-21)15-24/h5-6,12,16-17,21,24H,3-4,7-11,13-15,23H2,1-2H3/t17?,21-,22+/m0/s1. The number of fused-ring (bicyclic) bond motifs is 1. The van der Waals surface area contributed by atoms with E-state index in [0.717, 1.165) is 51.2 Å². The molecule has 2 aliphatic rings. The Labute approximate surface area is 153 Å². The highest BCUT2D eigenvalue weighted by atomic mass is 16.5. The number of aliphatic hydroxyl groups is 1. The lowest BCUT2D eigenvalue weighted by Crippen LogP contribution is -2.40. The molecule has 0 aliphatic heterocycles. The molecule has 3 nitrogen and oxygen atoms in total. The van der Waals surface area contributed by atoms with Crippen LogP contribution in [0.2, 0.25) is 0 Å². The first-order valence-corrected chi connectivity index (χ1v) is 10.1. The molecule has 1 fully saturated rings. The molecule has 0 radical (unpaired) electrons. The summed E-state index contributed by atoms with van der Waals surface area (Å²) in [6.07, 6.45) is 7.66. The van der Waals surface area contributed by atoms with Gasteiger partial charge in [-0.25, -0.2) is 0 Å². The lowest BCUT2D eigenvalue weighted by molar-refractivity contribution is 0.0865. The van der Waals surface area contributed by atoms with Gasteiger partial charge in [-0.05, 0) is 79.4 Å². The molecule has 3 N–H and O–H groups in total. The second-order valence-corrected chi connectivity index (χ2v) is 8.85. The van der Waals surface area contributed by atoms with E-state index in [1.54, 1.807) is 0 Å². The van der Waals surface area contributed by atoms with Crippen LogP contribution in [0.15, 0.2) is 18.2 Å². The fourth-order valence-corrected chi connectivity index (χ4v) is 4.40. The van der Waals surface area contributed by atoms with Crippen LogP contribution in [-0.4, -0.2) is 30.5 Å². The maximum absolute atomic E-state index is 9.49. The molecule has 0 heterocycles. The van der Waals surface area contributed by atoms with Gasteiger partial charge in [0, 0.05) is 18.8 Å². The lowest BCUT2D eigenvalue weighted by Gasteiger charge is -2.26. The zero-order valence-corrected chi connectivity index (χ0v) is 16.0. The molecule has 0 spiro atoms. The summed E-state index contributed by atoms with van der Waals surface area (Å²) in [7, 11) is 0. The molecule has 1 aromatic rings. The summed E-state index contributed by atoms with van der Waals surface area (Å²) < 4.78 is 5.90. The number of nitrogens with two attached hydrogens (primary N) is 1. The van der Waals surface area contributed by atoms with Crippen molar-refractivity contribution in [3.05, 3.63) is 34.9 Å². The monoisotopic (exact) mass is 345 g/mol. The number of hydrogen-bond donors (Lipinski definition) is 2. The fourth-order valence-electron chi connectivity index (χ4n) is 4.40. The summed E-state index contributed by atoms with van der Waals surface area (Å²) >= 11 is 0. The Morgan fingerprint density at radius 1 is 1.28 bits per heavy atom. The molecule has 1 saturated carbocycles. The van der Waals surface area contributed by atoms with Gasteiger partial charge in [0.2, 0.25) is 0 Å². The van der Waals surface area contributed by atoms with Gasteiger partial charge in [-0.1, -0.05) is 32.0 Å². The Balaban J connectivity index is 1.55. The highest BCUT2D eigenvalue weighted by Gasteiger charge is 2.36. The van der Waals surface area contributed by atoms with Gasteiger partial charge in [-0.2, -0.15) is 0 Å². The van der Waals surface area contributed by atoms with Crippen LogP contribution >= 0.6 is 0 Å². The van der Waals surface area contributed by atoms with Crippen molar-refractivity contribution in [2.75, 3.05) is 19.8 Å². The molecule has 3 rings (SSSR count). The first-order valence-electron chi connectivity index (χ1n) is 10.1. The number of ether oxygens (including phenoxy) is 1. The van der Waals surface area contributed by atoms with E-state index in [0.29, 0.717) is 11.8 Å². The Kier molecular flexibility index (Phi) is 6.19. The number of rotatable bonds is 7. The first-order chi connectivity index (χ1) is 12.0. The fraction of sp³-hybridized carbons (Fsp3) is 0.727. The van der Waals surface area contributed by atoms with Crippen LogP contribution in [-0.2, 0) is 17.6 Å². The Morgan fingerprint density at radius 3 is 2.84 bits per heavy atom. The van der Waals surface area contributed by atoms with Crippen molar-refractivity contribution >= 4 is 0 Å². The predicted octanol–water partition coefficient (Wildman–Crippen LogP) is 3.81. The second-order valence-electron chi connectivity index (χ2n) is 8.85. The van der Waals surface area contributed by atoms with Gasteiger partial charge in [0.15, 0.2) is 0 Å². The van der Waals surface area contributed by atoms with E-state index in [-0.39, 0.29) is 12.1 Å². The maximum atomic E-state index is 9.49. The average Bonchev–Trinajstić information content (AvgIpc) is 3.01. The average molecular weight is 346 g/mol. The van der Waals surface area contributed by atoms with Crippen LogP contribution in [0.5, 0.6) is 0 Å². The van der Waals surface area contributed by atoms with Gasteiger partial charge in [0.25, 0.3) is 0 Å². The molecular formula is C22H35NO2. The topological polar surface area (TPSA) is 55.5 Å². The molecule has 0 bridgehead atoms. The van der Waals surface area contributed by atoms with Crippen molar-refractivity contribution in [1.82, 2.24) is 0 Å². The van der Waals surface area contributed by atoms with E-state index in [1.807, 2.05) is 0 Å². The summed E-state index contributed by atoms with van der Waals surface area (Å²) in [5.41, 5.74) is 10.3. The first kappa shape index (κ1) is 18.9. The zero-order valence-electron chi connectivity index (χ0n) is 16.0. The number of aliphatic hydroxyl groups excluding tert-OH is 1. The van der Waals surface area contributed by atoms with Gasteiger partial charge in [-0.15, -0.1) is 0 Å². The maximum Gasteiger partial charge on any atom is 0.0611 e. The molecule has 0 amide bonds. The van der Waals surface area contributed by atoms with E-state index >= 15 is 0 Å². The molecule has 140 valence electrons. The van der Waals surface area contributed by atoms with Crippen molar-refractivity contribution in [2.45, 2.75) is 70.3 Å². The van der Waals surface area contributed by atoms with E-state index in [9.17, 15) is 5.11 Å². The number of hydrogen-bond acceptors (Lipinski definition) is 3. The number of aryl methyl sites for hydroxylation is 1. The molecule has 3 atom stereocenters. The van der Waals surface area contributed by atoms with Crippen LogP contribution in [0.25, 0.3) is 0 Å². The lowest BCUT2D eigenvalue weighted by atomic mass is 9.82. The molecule has 1 aromatic carbocycles. The third-order valence-corrected chi connectivity index (χ3v) is 6.18. The van der Waals surface area contributed by atoms with Crippen molar-refractivity contribution in [2.24, 2.45) is 17.6 Å². The number of benzene rings is 1. The molecule has 2 aliphatic carbocycles. The smallest absolute Gasteiger partial charge is 0.0611 e. The van der Waals surface area contributed by atoms with E-state index in [4.69, 9.17) is 10.5 Å². The van der Waals surface area contributed by atoms with Crippen LogP contribution in [0.3, 0.4) is 0 Å². The molecule has 3 heteroatoms. The van der Waals surface area contributed by atoms with E-state index in [2.05, 4.69) is 32.0 Å². The van der Waals surface area contributed by atoms with Crippen molar-refractivity contribution in [1.29, 1.82) is 0 Å². The molecule has 0 saturated heterocycles. The van der Waals surface area contributed by atoms with Gasteiger partial charge in [0.05, 0.1) is 6.61 Å². The Morgan fingerprint density at radius 2 is 2.12 bits per heavy atom. The Bertz CT molecular complexity index is 571. The second kappa shape index (κ2) is 8.20. The summed E-state index contributed by atoms with van der Waals surface area (Å²) in [4.78, 5) is 0. The molecular weight excluding hydrogens is 310 g/mol. The summed E-state index contributed by atoms with van der Waals surface area (Å²) in [6.45, 7) is 6.40. The minimum Gasteiger partial charge on any atom is -0.394 e. The van der Waals surface area contributed by atoms with E-state index in [1.165, 1.54) is 29.5 Å². The third kappa shape index (κ3) is 4.84. The third-order valence-electron chi connectivity index (χ3n) is 6.18.